The number of hydrogen-bond donors (Lipinski definition) is 1. The monoisotopic (exact) mass is 299 g/mol. The fourth-order valence-corrected chi connectivity index (χ4v) is 2.03. The molecule has 2 heterocycles. The molecule has 0 aromatic carbocycles. The number of ether oxygens (including phenoxy) is 1. The molecule has 5 nitrogen and oxygen atoms in total. The van der Waals surface area contributed by atoms with E-state index in [9.17, 15) is 4.79 Å². The van der Waals surface area contributed by atoms with E-state index in [0.717, 1.165) is 16.8 Å². The Labute approximate surface area is 130 Å². The number of amides is 1. The Morgan fingerprint density at radius 3 is 2.55 bits per heavy atom. The van der Waals surface area contributed by atoms with E-state index in [0.29, 0.717) is 11.7 Å². The molecule has 0 aliphatic carbocycles. The molecule has 2 aromatic heterocycles. The molecule has 0 aliphatic rings. The molecule has 0 atom stereocenters. The van der Waals surface area contributed by atoms with E-state index in [1.54, 1.807) is 6.20 Å². The lowest BCUT2D eigenvalue weighted by molar-refractivity contribution is -0.114. The molecule has 1 amide bonds. The zero-order valence-corrected chi connectivity index (χ0v) is 13.6. The van der Waals surface area contributed by atoms with Crippen molar-refractivity contribution in [3.63, 3.8) is 0 Å². The average Bonchev–Trinajstić information content (AvgIpc) is 2.35. The third-order valence-corrected chi connectivity index (χ3v) is 2.74. The molecule has 0 aliphatic heterocycles. The lowest BCUT2D eigenvalue weighted by Crippen LogP contribution is -2.23. The molecule has 0 spiro atoms. The van der Waals surface area contributed by atoms with Crippen LogP contribution in [0.3, 0.4) is 0 Å². The van der Waals surface area contributed by atoms with E-state index in [-0.39, 0.29) is 11.5 Å². The second-order valence-corrected chi connectivity index (χ2v) is 6.16. The standard InChI is InChI=1S/C17H21N3O2/c1-11-8-14(10-16(19-11)22-17(3,4)5)13-6-7-18-15(9-13)20-12(2)21/h6-10H,1-5H3,(H,18,20,21). The maximum atomic E-state index is 11.1. The van der Waals surface area contributed by atoms with Crippen molar-refractivity contribution in [2.24, 2.45) is 0 Å². The number of hydrogen-bond acceptors (Lipinski definition) is 4. The van der Waals surface area contributed by atoms with Crippen LogP contribution in [0.15, 0.2) is 30.5 Å². The molecule has 5 heteroatoms. The summed E-state index contributed by atoms with van der Waals surface area (Å²) in [7, 11) is 0. The molecule has 0 saturated carbocycles. The molecular weight excluding hydrogens is 278 g/mol. The maximum absolute atomic E-state index is 11.1. The number of rotatable bonds is 3. The van der Waals surface area contributed by atoms with Gasteiger partial charge in [-0.15, -0.1) is 0 Å². The van der Waals surface area contributed by atoms with Crippen LogP contribution < -0.4 is 10.1 Å². The van der Waals surface area contributed by atoms with Crippen molar-refractivity contribution in [3.8, 4) is 17.0 Å². The number of nitrogens with zero attached hydrogens (tertiary/aromatic N) is 2. The molecule has 2 aromatic rings. The van der Waals surface area contributed by atoms with Crippen LogP contribution in [-0.2, 0) is 4.79 Å². The van der Waals surface area contributed by atoms with Gasteiger partial charge in [0.15, 0.2) is 0 Å². The third kappa shape index (κ3) is 4.55. The Kier molecular flexibility index (Phi) is 4.45. The van der Waals surface area contributed by atoms with Crippen molar-refractivity contribution >= 4 is 11.7 Å². The van der Waals surface area contributed by atoms with E-state index < -0.39 is 0 Å². The third-order valence-electron chi connectivity index (χ3n) is 2.74. The van der Waals surface area contributed by atoms with Gasteiger partial charge < -0.3 is 10.1 Å². The highest BCUT2D eigenvalue weighted by atomic mass is 16.5. The maximum Gasteiger partial charge on any atom is 0.222 e. The van der Waals surface area contributed by atoms with Gasteiger partial charge in [0.2, 0.25) is 11.8 Å². The fourth-order valence-electron chi connectivity index (χ4n) is 2.03. The molecule has 0 bridgehead atoms. The van der Waals surface area contributed by atoms with Gasteiger partial charge in [-0.1, -0.05) is 0 Å². The van der Waals surface area contributed by atoms with Crippen LogP contribution in [0.5, 0.6) is 5.88 Å². The van der Waals surface area contributed by atoms with Gasteiger partial charge in [0.05, 0.1) is 0 Å². The molecule has 0 fully saturated rings. The molecule has 2 rings (SSSR count). The topological polar surface area (TPSA) is 64.1 Å². The lowest BCUT2D eigenvalue weighted by Gasteiger charge is -2.21. The Morgan fingerprint density at radius 1 is 1.18 bits per heavy atom. The first kappa shape index (κ1) is 15.9. The summed E-state index contributed by atoms with van der Waals surface area (Å²) in [6.07, 6.45) is 1.67. The van der Waals surface area contributed by atoms with Crippen LogP contribution in [0.2, 0.25) is 0 Å². The van der Waals surface area contributed by atoms with E-state index in [2.05, 4.69) is 15.3 Å². The predicted molar refractivity (Wildman–Crippen MR) is 86.9 cm³/mol. The Morgan fingerprint density at radius 2 is 1.91 bits per heavy atom. The molecular formula is C17H21N3O2. The Balaban J connectivity index is 2.38. The van der Waals surface area contributed by atoms with Crippen molar-refractivity contribution < 1.29 is 9.53 Å². The van der Waals surface area contributed by atoms with Crippen molar-refractivity contribution in [1.29, 1.82) is 0 Å². The number of pyridine rings is 2. The Hall–Kier alpha value is -2.43. The molecule has 22 heavy (non-hydrogen) atoms. The summed E-state index contributed by atoms with van der Waals surface area (Å²) in [6, 6.07) is 7.59. The van der Waals surface area contributed by atoms with E-state index in [1.165, 1.54) is 6.92 Å². The van der Waals surface area contributed by atoms with Gasteiger partial charge >= 0.3 is 0 Å². The summed E-state index contributed by atoms with van der Waals surface area (Å²) >= 11 is 0. The number of carbonyl (C=O) groups excluding carboxylic acids is 1. The fraction of sp³-hybridized carbons (Fsp3) is 0.353. The van der Waals surface area contributed by atoms with Gasteiger partial charge in [0.25, 0.3) is 0 Å². The summed E-state index contributed by atoms with van der Waals surface area (Å²) in [5.41, 5.74) is 2.48. The second-order valence-electron chi connectivity index (χ2n) is 6.16. The highest BCUT2D eigenvalue weighted by Crippen LogP contribution is 2.26. The zero-order valence-electron chi connectivity index (χ0n) is 13.6. The summed E-state index contributed by atoms with van der Waals surface area (Å²) in [5, 5.41) is 2.69. The van der Waals surface area contributed by atoms with Crippen molar-refractivity contribution in [1.82, 2.24) is 9.97 Å². The van der Waals surface area contributed by atoms with Crippen LogP contribution in [0, 0.1) is 6.92 Å². The summed E-state index contributed by atoms with van der Waals surface area (Å²) in [5.74, 6) is 0.963. The second kappa shape index (κ2) is 6.13. The summed E-state index contributed by atoms with van der Waals surface area (Å²) in [4.78, 5) is 19.7. The Bertz CT molecular complexity index is 691. The normalized spacial score (nSPS) is 11.1. The number of anilines is 1. The zero-order chi connectivity index (χ0) is 16.3. The van der Waals surface area contributed by atoms with Crippen LogP contribution in [-0.4, -0.2) is 21.5 Å². The van der Waals surface area contributed by atoms with Crippen LogP contribution in [0.25, 0.3) is 11.1 Å². The first-order valence-electron chi connectivity index (χ1n) is 7.15. The SMILES string of the molecule is CC(=O)Nc1cc(-c2cc(C)nc(OC(C)(C)C)c2)ccn1. The van der Waals surface area contributed by atoms with Gasteiger partial charge in [-0.2, -0.15) is 0 Å². The van der Waals surface area contributed by atoms with E-state index in [1.807, 2.05) is 52.0 Å². The van der Waals surface area contributed by atoms with Crippen LogP contribution in [0.4, 0.5) is 5.82 Å². The highest BCUT2D eigenvalue weighted by molar-refractivity contribution is 5.88. The molecule has 1 N–H and O–H groups in total. The van der Waals surface area contributed by atoms with E-state index >= 15 is 0 Å². The van der Waals surface area contributed by atoms with Crippen LogP contribution in [0.1, 0.15) is 33.4 Å². The average molecular weight is 299 g/mol. The summed E-state index contributed by atoms with van der Waals surface area (Å²) in [6.45, 7) is 9.34. The van der Waals surface area contributed by atoms with Crippen molar-refractivity contribution in [2.45, 2.75) is 40.2 Å². The van der Waals surface area contributed by atoms with Gasteiger partial charge in [-0.25, -0.2) is 9.97 Å². The van der Waals surface area contributed by atoms with Crippen molar-refractivity contribution in [3.05, 3.63) is 36.2 Å². The lowest BCUT2D eigenvalue weighted by atomic mass is 10.1. The smallest absolute Gasteiger partial charge is 0.222 e. The summed E-state index contributed by atoms with van der Waals surface area (Å²) < 4.78 is 5.84. The highest BCUT2D eigenvalue weighted by Gasteiger charge is 2.14. The number of aryl methyl sites for hydroxylation is 1. The van der Waals surface area contributed by atoms with Gasteiger partial charge in [0, 0.05) is 24.9 Å². The molecule has 116 valence electrons. The predicted octanol–water partition coefficient (Wildman–Crippen LogP) is 3.59. The molecule has 0 saturated heterocycles. The van der Waals surface area contributed by atoms with E-state index in [4.69, 9.17) is 4.74 Å². The van der Waals surface area contributed by atoms with Crippen LogP contribution >= 0.6 is 0 Å². The van der Waals surface area contributed by atoms with Crippen molar-refractivity contribution in [2.75, 3.05) is 5.32 Å². The number of aromatic nitrogens is 2. The first-order chi connectivity index (χ1) is 10.2. The number of carbonyl (C=O) groups is 1. The quantitative estimate of drug-likeness (QED) is 0.940. The van der Waals surface area contributed by atoms with Gasteiger partial charge in [0.1, 0.15) is 11.4 Å². The van der Waals surface area contributed by atoms with Gasteiger partial charge in [-0.3, -0.25) is 4.79 Å². The minimum Gasteiger partial charge on any atom is -0.472 e. The minimum absolute atomic E-state index is 0.146. The minimum atomic E-state index is -0.308. The molecule has 0 radical (unpaired) electrons. The number of nitrogens with one attached hydrogen (secondary N) is 1. The van der Waals surface area contributed by atoms with Gasteiger partial charge in [-0.05, 0) is 57.0 Å². The largest absolute Gasteiger partial charge is 0.472 e. The first-order valence-corrected chi connectivity index (χ1v) is 7.15. The molecule has 0 unspecified atom stereocenters.